The fourth-order valence-electron chi connectivity index (χ4n) is 3.22. The number of hydrogen-bond acceptors (Lipinski definition) is 3. The number of aromatic nitrogens is 1. The first-order chi connectivity index (χ1) is 15.1. The topological polar surface area (TPSA) is 77.2 Å². The number of nitrogens with zero attached hydrogens (tertiary/aromatic N) is 1. The van der Waals surface area contributed by atoms with Crippen molar-refractivity contribution in [2.45, 2.75) is 37.6 Å². The number of nitrogens with one attached hydrogen (secondary N) is 3. The van der Waals surface area contributed by atoms with E-state index in [0.717, 1.165) is 36.8 Å². The molecule has 1 amide bonds. The van der Waals surface area contributed by atoms with Crippen molar-refractivity contribution in [2.75, 3.05) is 27.2 Å². The van der Waals surface area contributed by atoms with Gasteiger partial charge in [-0.05, 0) is 51.7 Å². The molecule has 0 radical (unpaired) electrons. The van der Waals surface area contributed by atoms with Crippen molar-refractivity contribution in [3.05, 3.63) is 66.4 Å². The Morgan fingerprint density at radius 2 is 1.71 bits per heavy atom. The number of carbonyl (C=O) groups is 1. The van der Waals surface area contributed by atoms with Crippen LogP contribution in [0.25, 0.3) is 10.9 Å². The fourth-order valence-corrected chi connectivity index (χ4v) is 4.17. The van der Waals surface area contributed by atoms with Crippen LogP contribution in [0.5, 0.6) is 0 Å². The van der Waals surface area contributed by atoms with Crippen molar-refractivity contribution in [1.29, 1.82) is 0 Å². The predicted molar refractivity (Wildman–Crippen MR) is 130 cm³/mol. The van der Waals surface area contributed by atoms with Crippen LogP contribution in [-0.4, -0.2) is 52.6 Å². The van der Waals surface area contributed by atoms with E-state index in [1.807, 2.05) is 68.4 Å². The fraction of sp³-hybridized carbons (Fsp3) is 0.375. The Hall–Kier alpha value is -2.48. The van der Waals surface area contributed by atoms with Gasteiger partial charge < -0.3 is 15.6 Å². The molecule has 1 saturated heterocycles. The van der Waals surface area contributed by atoms with Crippen LogP contribution in [0.4, 0.5) is 0 Å². The molecular formula is C24H34N4O2S. The molecule has 4 rings (SSSR count). The first-order valence-electron chi connectivity index (χ1n) is 10.8. The first-order valence-corrected chi connectivity index (χ1v) is 11.9. The summed E-state index contributed by atoms with van der Waals surface area (Å²) in [6.45, 7) is 5.82. The number of fused-ring (bicyclic) bond motifs is 1. The minimum absolute atomic E-state index is 0.114. The molecule has 3 aromatic rings. The van der Waals surface area contributed by atoms with Crippen LogP contribution in [0.1, 0.15) is 37.2 Å². The van der Waals surface area contributed by atoms with E-state index in [2.05, 4.69) is 15.6 Å². The number of rotatable bonds is 4. The van der Waals surface area contributed by atoms with E-state index in [0.29, 0.717) is 10.6 Å². The number of piperidine rings is 1. The molecule has 2 heterocycles. The van der Waals surface area contributed by atoms with E-state index in [9.17, 15) is 9.00 Å². The largest absolute Gasteiger partial charge is 0.350 e. The third-order valence-corrected chi connectivity index (χ3v) is 6.08. The molecule has 0 aliphatic carbocycles. The third-order valence-electron chi connectivity index (χ3n) is 4.69. The lowest BCUT2D eigenvalue weighted by Crippen LogP contribution is -2.45. The summed E-state index contributed by atoms with van der Waals surface area (Å²) in [5, 5.41) is 7.16. The van der Waals surface area contributed by atoms with Gasteiger partial charge in [0.2, 0.25) is 0 Å². The lowest BCUT2D eigenvalue weighted by Gasteiger charge is -2.23. The van der Waals surface area contributed by atoms with Gasteiger partial charge in [0.1, 0.15) is 16.7 Å². The molecule has 6 nitrogen and oxygen atoms in total. The summed E-state index contributed by atoms with van der Waals surface area (Å²) in [5.41, 5.74) is 1.33. The van der Waals surface area contributed by atoms with E-state index >= 15 is 0 Å². The standard InChI is InChI=1S/C16H22N4O2S.C6H6.C2H6/c1-20(2)23(22)15-7-3-6-13-12(15)9-14(19-13)16(21)18-11-5-4-8-17-10-11;1-2-4-6-5-3-1;1-2/h3,6-7,9,11,17,19H,4-5,8,10H2,1-2H3,(H,18,21);1-6H;1-2H3/t11-,23?;;/m0../s1. The summed E-state index contributed by atoms with van der Waals surface area (Å²) in [4.78, 5) is 16.3. The van der Waals surface area contributed by atoms with Gasteiger partial charge in [0.25, 0.3) is 5.91 Å². The van der Waals surface area contributed by atoms with Crippen LogP contribution in [0.15, 0.2) is 65.6 Å². The number of benzene rings is 2. The normalized spacial score (nSPS) is 16.5. The highest BCUT2D eigenvalue weighted by Crippen LogP contribution is 2.23. The zero-order valence-electron chi connectivity index (χ0n) is 18.9. The van der Waals surface area contributed by atoms with Gasteiger partial charge in [0.05, 0.1) is 4.90 Å². The van der Waals surface area contributed by atoms with Gasteiger partial charge in [0, 0.05) is 23.5 Å². The van der Waals surface area contributed by atoms with E-state index in [1.54, 1.807) is 24.5 Å². The Morgan fingerprint density at radius 3 is 2.26 bits per heavy atom. The average Bonchev–Trinajstić information content (AvgIpc) is 3.27. The number of hydrogen-bond donors (Lipinski definition) is 3. The summed E-state index contributed by atoms with van der Waals surface area (Å²) >= 11 is 0. The molecule has 0 spiro atoms. The third kappa shape index (κ3) is 7.31. The molecular weight excluding hydrogens is 408 g/mol. The Kier molecular flexibility index (Phi) is 10.4. The van der Waals surface area contributed by atoms with Crippen LogP contribution in [0.3, 0.4) is 0 Å². The van der Waals surface area contributed by atoms with Crippen molar-refractivity contribution in [1.82, 2.24) is 19.9 Å². The molecule has 1 aliphatic heterocycles. The first kappa shape index (κ1) is 24.8. The number of amides is 1. The van der Waals surface area contributed by atoms with Crippen LogP contribution in [-0.2, 0) is 11.0 Å². The van der Waals surface area contributed by atoms with Crippen molar-refractivity contribution >= 4 is 27.8 Å². The summed E-state index contributed by atoms with van der Waals surface area (Å²) in [5.74, 6) is -0.114. The minimum Gasteiger partial charge on any atom is -0.350 e. The van der Waals surface area contributed by atoms with E-state index in [-0.39, 0.29) is 11.9 Å². The summed E-state index contributed by atoms with van der Waals surface area (Å²) in [6, 6.07) is 19.5. The van der Waals surface area contributed by atoms with Crippen LogP contribution < -0.4 is 10.6 Å². The van der Waals surface area contributed by atoms with Gasteiger partial charge in [-0.2, -0.15) is 0 Å². The molecule has 0 saturated carbocycles. The van der Waals surface area contributed by atoms with Crippen LogP contribution in [0, 0.1) is 0 Å². The van der Waals surface area contributed by atoms with Gasteiger partial charge in [-0.15, -0.1) is 0 Å². The number of H-pyrrole nitrogens is 1. The highest BCUT2D eigenvalue weighted by atomic mass is 32.2. The summed E-state index contributed by atoms with van der Waals surface area (Å²) in [7, 11) is 2.29. The zero-order valence-corrected chi connectivity index (χ0v) is 19.7. The van der Waals surface area contributed by atoms with Crippen molar-refractivity contribution in [3.8, 4) is 0 Å². The molecule has 2 atom stereocenters. The Morgan fingerprint density at radius 1 is 1.06 bits per heavy atom. The second kappa shape index (κ2) is 13.0. The van der Waals surface area contributed by atoms with Crippen LogP contribution in [0.2, 0.25) is 0 Å². The van der Waals surface area contributed by atoms with Crippen molar-refractivity contribution < 1.29 is 9.00 Å². The second-order valence-electron chi connectivity index (χ2n) is 7.13. The summed E-state index contributed by atoms with van der Waals surface area (Å²) < 4.78 is 14.0. The Bertz CT molecular complexity index is 924. The molecule has 2 aromatic carbocycles. The second-order valence-corrected chi connectivity index (χ2v) is 8.80. The molecule has 0 bridgehead atoms. The van der Waals surface area contributed by atoms with E-state index < -0.39 is 11.0 Å². The molecule has 1 fully saturated rings. The molecule has 168 valence electrons. The van der Waals surface area contributed by atoms with E-state index in [1.165, 1.54) is 0 Å². The molecule has 1 aliphatic rings. The van der Waals surface area contributed by atoms with Gasteiger partial charge in [-0.25, -0.2) is 8.51 Å². The highest BCUT2D eigenvalue weighted by Gasteiger charge is 2.19. The maximum atomic E-state index is 12.4. The van der Waals surface area contributed by atoms with Gasteiger partial charge in [-0.3, -0.25) is 4.79 Å². The van der Waals surface area contributed by atoms with E-state index in [4.69, 9.17) is 0 Å². The Labute approximate surface area is 188 Å². The zero-order chi connectivity index (χ0) is 22.6. The quantitative estimate of drug-likeness (QED) is 0.573. The van der Waals surface area contributed by atoms with Crippen molar-refractivity contribution in [3.63, 3.8) is 0 Å². The van der Waals surface area contributed by atoms with Crippen molar-refractivity contribution in [2.24, 2.45) is 0 Å². The lowest BCUT2D eigenvalue weighted by molar-refractivity contribution is 0.0926. The monoisotopic (exact) mass is 442 g/mol. The van der Waals surface area contributed by atoms with Gasteiger partial charge >= 0.3 is 0 Å². The maximum Gasteiger partial charge on any atom is 0.267 e. The Balaban J connectivity index is 0.000000363. The predicted octanol–water partition coefficient (Wildman–Crippen LogP) is 3.95. The average molecular weight is 443 g/mol. The minimum atomic E-state index is -1.24. The maximum absolute atomic E-state index is 12.4. The lowest BCUT2D eigenvalue weighted by atomic mass is 10.1. The molecule has 31 heavy (non-hydrogen) atoms. The SMILES string of the molecule is CC.CN(C)S(=O)c1cccc2[nH]c(C(=O)N[C@H]3CCCNC3)cc12.c1ccccc1. The summed E-state index contributed by atoms with van der Waals surface area (Å²) in [6.07, 6.45) is 2.07. The number of carbonyl (C=O) groups excluding carboxylic acids is 1. The highest BCUT2D eigenvalue weighted by molar-refractivity contribution is 7.82. The molecule has 1 aromatic heterocycles. The number of aromatic amines is 1. The van der Waals surface area contributed by atoms with Crippen LogP contribution >= 0.6 is 0 Å². The smallest absolute Gasteiger partial charge is 0.267 e. The van der Waals surface area contributed by atoms with Gasteiger partial charge in [-0.1, -0.05) is 56.3 Å². The van der Waals surface area contributed by atoms with Gasteiger partial charge in [0.15, 0.2) is 0 Å². The molecule has 1 unspecified atom stereocenters. The molecule has 7 heteroatoms. The molecule has 3 N–H and O–H groups in total.